The number of amides is 2. The third kappa shape index (κ3) is 6.28. The summed E-state index contributed by atoms with van der Waals surface area (Å²) in [6.07, 6.45) is 0.299. The minimum atomic E-state index is -1.24. The number of nitriles is 1. The normalized spacial score (nSPS) is 11.5. The fraction of sp³-hybridized carbons (Fsp3) is 0.211. The summed E-state index contributed by atoms with van der Waals surface area (Å²) >= 11 is 5.99. The number of anilines is 1. The molecule has 1 aromatic carbocycles. The highest BCUT2D eigenvalue weighted by Gasteiger charge is 2.24. The van der Waals surface area contributed by atoms with Crippen LogP contribution < -0.4 is 22.1 Å². The molecule has 1 atom stereocenters. The molecule has 0 radical (unpaired) electrons. The molecule has 2 rings (SSSR count). The minimum Gasteiger partial charge on any atom is -0.507 e. The van der Waals surface area contributed by atoms with Crippen LogP contribution in [0.15, 0.2) is 17.1 Å². The van der Waals surface area contributed by atoms with Crippen molar-refractivity contribution in [2.24, 2.45) is 10.7 Å². The fourth-order valence-corrected chi connectivity index (χ4v) is 3.05. The lowest BCUT2D eigenvalue weighted by atomic mass is 10.00. The van der Waals surface area contributed by atoms with Crippen molar-refractivity contribution in [3.63, 3.8) is 0 Å². The van der Waals surface area contributed by atoms with E-state index in [0.29, 0.717) is 5.56 Å². The number of benzene rings is 1. The maximum absolute atomic E-state index is 12.4. The van der Waals surface area contributed by atoms with Crippen molar-refractivity contribution in [1.82, 2.24) is 20.6 Å². The number of aliphatic carboxylic acids is 1. The lowest BCUT2D eigenvalue weighted by Gasteiger charge is -2.20. The van der Waals surface area contributed by atoms with Gasteiger partial charge in [-0.25, -0.2) is 15.0 Å². The predicted molar refractivity (Wildman–Crippen MR) is 117 cm³/mol. The molecule has 0 saturated carbocycles. The molecule has 0 aliphatic rings. The molecule has 2 aromatic rings. The van der Waals surface area contributed by atoms with Gasteiger partial charge in [-0.3, -0.25) is 14.4 Å². The van der Waals surface area contributed by atoms with Crippen molar-refractivity contribution >= 4 is 47.4 Å². The first-order valence-electron chi connectivity index (χ1n) is 9.17. The maximum atomic E-state index is 12.4. The maximum Gasteiger partial charge on any atom is 0.305 e. The van der Waals surface area contributed by atoms with Gasteiger partial charge in [-0.2, -0.15) is 5.26 Å². The molecule has 172 valence electrons. The summed E-state index contributed by atoms with van der Waals surface area (Å²) in [6, 6.07) is 3.39. The number of aromatic nitrogens is 2. The average Bonchev–Trinajstić information content (AvgIpc) is 2.74. The molecule has 1 aromatic heterocycles. The van der Waals surface area contributed by atoms with Gasteiger partial charge in [0.25, 0.3) is 5.91 Å². The van der Waals surface area contributed by atoms with Crippen LogP contribution in [0.5, 0.6) is 5.75 Å². The van der Waals surface area contributed by atoms with E-state index < -0.39 is 42.5 Å². The van der Waals surface area contributed by atoms with E-state index in [1.54, 1.807) is 13.0 Å². The third-order valence-electron chi connectivity index (χ3n) is 4.22. The largest absolute Gasteiger partial charge is 0.507 e. The summed E-state index contributed by atoms with van der Waals surface area (Å²) < 4.78 is 0. The highest BCUT2D eigenvalue weighted by atomic mass is 35.5. The SMILES string of the molecule is Cc1cc(Cl)cc(C(CC(=O)O)NC(=O)CNC(=O)c2nc(/N=C\N)c(C#N)nc2N)c1O. The summed E-state index contributed by atoms with van der Waals surface area (Å²) in [5, 5.41) is 33.4. The number of carbonyl (C=O) groups excluding carboxylic acids is 2. The van der Waals surface area contributed by atoms with Gasteiger partial charge in [0.05, 0.1) is 25.3 Å². The molecule has 1 unspecified atom stereocenters. The molecule has 0 spiro atoms. The monoisotopic (exact) mass is 474 g/mol. The van der Waals surface area contributed by atoms with Crippen molar-refractivity contribution in [1.29, 1.82) is 5.26 Å². The van der Waals surface area contributed by atoms with Gasteiger partial charge in [0.1, 0.15) is 11.8 Å². The van der Waals surface area contributed by atoms with Crippen LogP contribution >= 0.6 is 11.6 Å². The van der Waals surface area contributed by atoms with E-state index in [1.807, 2.05) is 0 Å². The molecule has 0 aliphatic heterocycles. The Morgan fingerprint density at radius 1 is 1.36 bits per heavy atom. The average molecular weight is 475 g/mol. The Morgan fingerprint density at radius 2 is 2.06 bits per heavy atom. The van der Waals surface area contributed by atoms with Crippen LogP contribution in [0, 0.1) is 18.3 Å². The summed E-state index contributed by atoms with van der Waals surface area (Å²) in [5.41, 5.74) is 10.7. The van der Waals surface area contributed by atoms with Crippen LogP contribution in [-0.4, -0.2) is 50.8 Å². The lowest BCUT2D eigenvalue weighted by molar-refractivity contribution is -0.137. The molecule has 0 bridgehead atoms. The highest BCUT2D eigenvalue weighted by Crippen LogP contribution is 2.32. The standard InChI is InChI=1S/C19H19ClN8O5/c1-8-2-9(20)3-10(16(8)32)11(4-14(30)31)26-13(29)6-24-19(33)15-17(23)27-12(5-21)18(28-15)25-7-22/h2-3,7,11,32H,4,6H2,1H3,(H2,23,27)(H,24,33)(H,26,29)(H,30,31)(H2,22,25,28). The first-order valence-corrected chi connectivity index (χ1v) is 9.55. The van der Waals surface area contributed by atoms with E-state index in [4.69, 9.17) is 28.3 Å². The second-order valence-corrected chi connectivity index (χ2v) is 7.02. The number of rotatable bonds is 8. The van der Waals surface area contributed by atoms with Crippen molar-refractivity contribution in [3.05, 3.63) is 39.7 Å². The van der Waals surface area contributed by atoms with Gasteiger partial charge in [0.2, 0.25) is 5.91 Å². The fourth-order valence-electron chi connectivity index (χ4n) is 2.77. The number of carbonyl (C=O) groups is 3. The zero-order chi connectivity index (χ0) is 24.7. The number of nitrogens with one attached hydrogen (secondary N) is 2. The van der Waals surface area contributed by atoms with Gasteiger partial charge in [-0.1, -0.05) is 11.6 Å². The second-order valence-electron chi connectivity index (χ2n) is 6.58. The number of phenols is 1. The van der Waals surface area contributed by atoms with E-state index in [-0.39, 0.29) is 33.7 Å². The van der Waals surface area contributed by atoms with E-state index in [0.717, 1.165) is 6.34 Å². The minimum absolute atomic E-state index is 0.105. The zero-order valence-corrected chi connectivity index (χ0v) is 17.9. The molecule has 13 nitrogen and oxygen atoms in total. The molecule has 8 N–H and O–H groups in total. The topological polar surface area (TPSA) is 230 Å². The Morgan fingerprint density at radius 3 is 2.67 bits per heavy atom. The molecule has 14 heteroatoms. The molecular formula is C19H19ClN8O5. The Hall–Kier alpha value is -4.44. The number of aryl methyl sites for hydroxylation is 1. The molecule has 0 saturated heterocycles. The van der Waals surface area contributed by atoms with Gasteiger partial charge < -0.3 is 32.3 Å². The van der Waals surface area contributed by atoms with Crippen molar-refractivity contribution in [3.8, 4) is 11.8 Å². The van der Waals surface area contributed by atoms with E-state index in [1.165, 1.54) is 12.1 Å². The van der Waals surface area contributed by atoms with E-state index in [9.17, 15) is 24.6 Å². The van der Waals surface area contributed by atoms with Crippen LogP contribution in [-0.2, 0) is 9.59 Å². The lowest BCUT2D eigenvalue weighted by Crippen LogP contribution is -2.39. The number of halogens is 1. The van der Waals surface area contributed by atoms with E-state index >= 15 is 0 Å². The molecular weight excluding hydrogens is 456 g/mol. The Labute approximate surface area is 192 Å². The van der Waals surface area contributed by atoms with Crippen LogP contribution in [0.25, 0.3) is 0 Å². The first kappa shape index (κ1) is 24.8. The third-order valence-corrected chi connectivity index (χ3v) is 4.43. The Bertz CT molecular complexity index is 1180. The molecule has 0 aliphatic carbocycles. The van der Waals surface area contributed by atoms with Crippen LogP contribution in [0.4, 0.5) is 11.6 Å². The second kappa shape index (κ2) is 10.7. The summed E-state index contributed by atoms with van der Waals surface area (Å²) in [6.45, 7) is 0.975. The van der Waals surface area contributed by atoms with Gasteiger partial charge in [-0.15, -0.1) is 0 Å². The summed E-state index contributed by atoms with van der Waals surface area (Å²) in [5.74, 6) is -3.74. The smallest absolute Gasteiger partial charge is 0.305 e. The number of carboxylic acids is 1. The predicted octanol–water partition coefficient (Wildman–Crippen LogP) is 0.278. The van der Waals surface area contributed by atoms with Crippen LogP contribution in [0.3, 0.4) is 0 Å². The van der Waals surface area contributed by atoms with Crippen molar-refractivity contribution < 1.29 is 24.6 Å². The quantitative estimate of drug-likeness (QED) is 0.226. The number of aromatic hydroxyl groups is 1. The van der Waals surface area contributed by atoms with Crippen LogP contribution in [0.1, 0.15) is 39.8 Å². The molecule has 33 heavy (non-hydrogen) atoms. The number of nitrogen functional groups attached to an aromatic ring is 1. The summed E-state index contributed by atoms with van der Waals surface area (Å²) in [7, 11) is 0. The number of nitrogens with two attached hydrogens (primary N) is 2. The molecule has 0 fully saturated rings. The number of hydrogen-bond acceptors (Lipinski definition) is 9. The molecule has 1 heterocycles. The Kier molecular flexibility index (Phi) is 8.07. The van der Waals surface area contributed by atoms with Gasteiger partial charge in [0.15, 0.2) is 23.0 Å². The number of phenolic OH excluding ortho intramolecular Hbond substituents is 1. The van der Waals surface area contributed by atoms with Crippen molar-refractivity contribution in [2.75, 3.05) is 12.3 Å². The number of hydrogen-bond donors (Lipinski definition) is 6. The summed E-state index contributed by atoms with van der Waals surface area (Å²) in [4.78, 5) is 47.3. The van der Waals surface area contributed by atoms with E-state index in [2.05, 4.69) is 25.6 Å². The zero-order valence-electron chi connectivity index (χ0n) is 17.2. The van der Waals surface area contributed by atoms with Crippen molar-refractivity contribution in [2.45, 2.75) is 19.4 Å². The first-order chi connectivity index (χ1) is 15.6. The number of aliphatic imine (C=N–C) groups is 1. The Balaban J connectivity index is 2.18. The molecule has 2 amide bonds. The number of carboxylic acid groups (broad SMARTS) is 1. The number of nitrogens with zero attached hydrogens (tertiary/aromatic N) is 4. The van der Waals surface area contributed by atoms with Gasteiger partial charge in [0, 0.05) is 10.6 Å². The van der Waals surface area contributed by atoms with Crippen LogP contribution in [0.2, 0.25) is 5.02 Å². The van der Waals surface area contributed by atoms with Gasteiger partial charge >= 0.3 is 5.97 Å². The highest BCUT2D eigenvalue weighted by molar-refractivity contribution is 6.30. The van der Waals surface area contributed by atoms with Gasteiger partial charge in [-0.05, 0) is 24.6 Å².